The van der Waals surface area contributed by atoms with E-state index >= 15 is 0 Å². The van der Waals surface area contributed by atoms with Crippen molar-refractivity contribution >= 4 is 45.0 Å². The van der Waals surface area contributed by atoms with E-state index in [0.717, 1.165) is 22.7 Å². The fourth-order valence-corrected chi connectivity index (χ4v) is 4.15. The number of halogens is 3. The van der Waals surface area contributed by atoms with Crippen molar-refractivity contribution in [2.24, 2.45) is 0 Å². The topological polar surface area (TPSA) is 66.5 Å². The maximum Gasteiger partial charge on any atom is 0.240 e. The van der Waals surface area contributed by atoms with E-state index in [4.69, 9.17) is 11.6 Å². The van der Waals surface area contributed by atoms with Crippen molar-refractivity contribution in [1.82, 2.24) is 5.32 Å². The van der Waals surface area contributed by atoms with Gasteiger partial charge in [-0.3, -0.25) is 9.10 Å². The molecule has 2 rings (SSSR count). The van der Waals surface area contributed by atoms with Crippen LogP contribution in [0.25, 0.3) is 0 Å². The number of hydrogen-bond acceptors (Lipinski definition) is 4. The molecule has 152 valence electrons. The van der Waals surface area contributed by atoms with Crippen molar-refractivity contribution < 1.29 is 22.0 Å². The summed E-state index contributed by atoms with van der Waals surface area (Å²) >= 11 is 7.14. The Morgan fingerprint density at radius 3 is 2.54 bits per heavy atom. The molecule has 2 aromatic rings. The maximum atomic E-state index is 13.5. The van der Waals surface area contributed by atoms with Gasteiger partial charge >= 0.3 is 0 Å². The molecule has 0 aromatic heterocycles. The molecule has 0 saturated carbocycles. The van der Waals surface area contributed by atoms with Crippen molar-refractivity contribution in [3.8, 4) is 0 Å². The molecule has 28 heavy (non-hydrogen) atoms. The SMILES string of the molecule is CS(=O)(=O)N(CC(=O)NCCSCc1ccccc1F)c1ccc(F)c(Cl)c1. The van der Waals surface area contributed by atoms with E-state index in [9.17, 15) is 22.0 Å². The molecule has 0 saturated heterocycles. The molecular formula is C18H19ClF2N2O3S2. The molecule has 0 heterocycles. The summed E-state index contributed by atoms with van der Waals surface area (Å²) in [4.78, 5) is 12.1. The molecule has 1 N–H and O–H groups in total. The van der Waals surface area contributed by atoms with Crippen LogP contribution in [0.4, 0.5) is 14.5 Å². The zero-order chi connectivity index (χ0) is 20.7. The van der Waals surface area contributed by atoms with E-state index in [-0.39, 0.29) is 16.5 Å². The number of carbonyl (C=O) groups is 1. The molecule has 0 radical (unpaired) electrons. The monoisotopic (exact) mass is 448 g/mol. The zero-order valence-electron chi connectivity index (χ0n) is 15.0. The maximum absolute atomic E-state index is 13.5. The quantitative estimate of drug-likeness (QED) is 0.597. The lowest BCUT2D eigenvalue weighted by molar-refractivity contribution is -0.119. The summed E-state index contributed by atoms with van der Waals surface area (Å²) in [5.41, 5.74) is 0.674. The van der Waals surface area contributed by atoms with Gasteiger partial charge in [-0.1, -0.05) is 29.8 Å². The summed E-state index contributed by atoms with van der Waals surface area (Å²) in [7, 11) is -3.77. The Labute approximate surface area is 172 Å². The third kappa shape index (κ3) is 6.65. The predicted molar refractivity (Wildman–Crippen MR) is 109 cm³/mol. The fraction of sp³-hybridized carbons (Fsp3) is 0.278. The van der Waals surface area contributed by atoms with Crippen molar-refractivity contribution in [2.75, 3.05) is 29.4 Å². The summed E-state index contributed by atoms with van der Waals surface area (Å²) in [6, 6.07) is 9.87. The second-order valence-electron chi connectivity index (χ2n) is 5.86. The number of anilines is 1. The first-order chi connectivity index (χ1) is 13.2. The van der Waals surface area contributed by atoms with Crippen LogP contribution in [0.3, 0.4) is 0 Å². The fourth-order valence-electron chi connectivity index (χ4n) is 2.29. The lowest BCUT2D eigenvalue weighted by atomic mass is 10.2. The van der Waals surface area contributed by atoms with Crippen LogP contribution in [0.2, 0.25) is 5.02 Å². The van der Waals surface area contributed by atoms with Crippen molar-refractivity contribution in [3.05, 3.63) is 64.7 Å². The molecule has 0 aliphatic rings. The number of sulfonamides is 1. The number of hydrogen-bond donors (Lipinski definition) is 1. The number of thioether (sulfide) groups is 1. The molecule has 0 fully saturated rings. The summed E-state index contributed by atoms with van der Waals surface area (Å²) in [5.74, 6) is -0.485. The average Bonchev–Trinajstić information content (AvgIpc) is 2.62. The van der Waals surface area contributed by atoms with Crippen LogP contribution in [-0.2, 0) is 20.6 Å². The number of rotatable bonds is 9. The highest BCUT2D eigenvalue weighted by Gasteiger charge is 2.21. The number of benzene rings is 2. The molecule has 2 aromatic carbocycles. The largest absolute Gasteiger partial charge is 0.354 e. The number of nitrogens with zero attached hydrogens (tertiary/aromatic N) is 1. The van der Waals surface area contributed by atoms with E-state index in [2.05, 4.69) is 5.32 Å². The van der Waals surface area contributed by atoms with Gasteiger partial charge in [-0.05, 0) is 29.8 Å². The minimum absolute atomic E-state index is 0.0953. The first kappa shape index (κ1) is 22.4. The molecule has 0 unspecified atom stereocenters. The Morgan fingerprint density at radius 2 is 1.89 bits per heavy atom. The first-order valence-electron chi connectivity index (χ1n) is 8.19. The number of nitrogens with one attached hydrogen (secondary N) is 1. The third-order valence-electron chi connectivity index (χ3n) is 3.66. The second-order valence-corrected chi connectivity index (χ2v) is 9.28. The van der Waals surface area contributed by atoms with Crippen LogP contribution in [0.1, 0.15) is 5.56 Å². The zero-order valence-corrected chi connectivity index (χ0v) is 17.4. The first-order valence-corrected chi connectivity index (χ1v) is 11.6. The standard InChI is InChI=1S/C18H19ClF2N2O3S2/c1-28(25,26)23(14-6-7-17(21)15(19)10-14)11-18(24)22-8-9-27-12-13-4-2-3-5-16(13)20/h2-7,10H,8-9,11-12H2,1H3,(H,22,24). The lowest BCUT2D eigenvalue weighted by Crippen LogP contribution is -2.41. The Bertz CT molecular complexity index is 942. The molecular weight excluding hydrogens is 430 g/mol. The Hall–Kier alpha value is -1.84. The molecule has 0 aliphatic heterocycles. The second kappa shape index (κ2) is 10.1. The van der Waals surface area contributed by atoms with Gasteiger partial charge in [0.1, 0.15) is 18.2 Å². The van der Waals surface area contributed by atoms with Crippen LogP contribution in [-0.4, -0.2) is 39.4 Å². The van der Waals surface area contributed by atoms with Crippen LogP contribution in [0.5, 0.6) is 0 Å². The van der Waals surface area contributed by atoms with Gasteiger partial charge in [0.05, 0.1) is 17.0 Å². The van der Waals surface area contributed by atoms with Crippen LogP contribution < -0.4 is 9.62 Å². The number of amides is 1. The summed E-state index contributed by atoms with van der Waals surface area (Å²) in [5, 5.41) is 2.38. The number of carbonyl (C=O) groups excluding carboxylic acids is 1. The minimum atomic E-state index is -3.77. The molecule has 0 bridgehead atoms. The van der Waals surface area contributed by atoms with E-state index < -0.39 is 28.3 Å². The molecule has 0 spiro atoms. The molecule has 1 amide bonds. The minimum Gasteiger partial charge on any atom is -0.354 e. The third-order valence-corrected chi connectivity index (χ3v) is 6.10. The summed E-state index contributed by atoms with van der Waals surface area (Å²) in [6.45, 7) is -0.168. The van der Waals surface area contributed by atoms with Crippen LogP contribution in [0.15, 0.2) is 42.5 Å². The van der Waals surface area contributed by atoms with Crippen molar-refractivity contribution in [2.45, 2.75) is 5.75 Å². The Morgan fingerprint density at radius 1 is 1.18 bits per heavy atom. The smallest absolute Gasteiger partial charge is 0.240 e. The van der Waals surface area contributed by atoms with Gasteiger partial charge < -0.3 is 5.32 Å². The lowest BCUT2D eigenvalue weighted by Gasteiger charge is -2.22. The van der Waals surface area contributed by atoms with E-state index in [0.29, 0.717) is 23.6 Å². The van der Waals surface area contributed by atoms with Gasteiger partial charge in [0.2, 0.25) is 15.9 Å². The van der Waals surface area contributed by atoms with E-state index in [1.165, 1.54) is 23.9 Å². The van der Waals surface area contributed by atoms with E-state index in [1.807, 2.05) is 0 Å². The highest BCUT2D eigenvalue weighted by atomic mass is 35.5. The van der Waals surface area contributed by atoms with Gasteiger partial charge in [0.15, 0.2) is 0 Å². The van der Waals surface area contributed by atoms with Gasteiger partial charge in [0.25, 0.3) is 0 Å². The Balaban J connectivity index is 1.86. The van der Waals surface area contributed by atoms with Crippen LogP contribution >= 0.6 is 23.4 Å². The molecule has 10 heteroatoms. The van der Waals surface area contributed by atoms with Gasteiger partial charge in [0, 0.05) is 18.1 Å². The normalized spacial score (nSPS) is 11.3. The summed E-state index contributed by atoms with van der Waals surface area (Å²) < 4.78 is 51.7. The Kier molecular flexibility index (Phi) is 8.09. The van der Waals surface area contributed by atoms with Crippen molar-refractivity contribution in [3.63, 3.8) is 0 Å². The van der Waals surface area contributed by atoms with Crippen LogP contribution in [0, 0.1) is 11.6 Å². The highest BCUT2D eigenvalue weighted by molar-refractivity contribution is 7.98. The van der Waals surface area contributed by atoms with E-state index in [1.54, 1.807) is 18.2 Å². The van der Waals surface area contributed by atoms with Gasteiger partial charge in [-0.2, -0.15) is 11.8 Å². The van der Waals surface area contributed by atoms with Gasteiger partial charge in [-0.25, -0.2) is 17.2 Å². The van der Waals surface area contributed by atoms with Gasteiger partial charge in [-0.15, -0.1) is 0 Å². The molecule has 0 atom stereocenters. The molecule has 5 nitrogen and oxygen atoms in total. The predicted octanol–water partition coefficient (Wildman–Crippen LogP) is 3.43. The molecule has 0 aliphatic carbocycles. The highest BCUT2D eigenvalue weighted by Crippen LogP contribution is 2.24. The average molecular weight is 449 g/mol. The van der Waals surface area contributed by atoms with Crippen molar-refractivity contribution in [1.29, 1.82) is 0 Å². The summed E-state index contributed by atoms with van der Waals surface area (Å²) in [6.07, 6.45) is 0.946.